The normalized spacial score (nSPS) is 18.2. The van der Waals surface area contributed by atoms with Gasteiger partial charge < -0.3 is 19.5 Å². The minimum atomic E-state index is 0.0588. The number of nitrogens with one attached hydrogen (secondary N) is 1. The summed E-state index contributed by atoms with van der Waals surface area (Å²) in [5.74, 6) is 1.82. The van der Waals surface area contributed by atoms with E-state index in [1.54, 1.807) is 6.20 Å². The molecule has 0 bridgehead atoms. The fraction of sp³-hybridized carbons (Fsp3) is 0.312. The smallest absolute Gasteiger partial charge is 0.262 e. The Morgan fingerprint density at radius 1 is 1.19 bits per heavy atom. The second-order valence-corrected chi connectivity index (χ2v) is 4.73. The predicted octanol–water partition coefficient (Wildman–Crippen LogP) is 2.24. The van der Waals surface area contributed by atoms with Crippen molar-refractivity contribution in [3.63, 3.8) is 0 Å². The molecule has 0 saturated carbocycles. The van der Waals surface area contributed by atoms with E-state index < -0.39 is 0 Å². The van der Waals surface area contributed by atoms with Crippen LogP contribution in [-0.4, -0.2) is 37.4 Å². The molecule has 1 saturated heterocycles. The van der Waals surface area contributed by atoms with E-state index in [0.717, 1.165) is 18.8 Å². The van der Waals surface area contributed by atoms with Crippen LogP contribution in [-0.2, 0) is 4.74 Å². The third-order valence-electron chi connectivity index (χ3n) is 3.12. The summed E-state index contributed by atoms with van der Waals surface area (Å²) in [4.78, 5) is 4.23. The van der Waals surface area contributed by atoms with Gasteiger partial charge in [0.1, 0.15) is 18.5 Å². The summed E-state index contributed by atoms with van der Waals surface area (Å²) in [6.45, 7) is 2.89. The lowest BCUT2D eigenvalue weighted by atomic mass is 10.3. The molecule has 2 aromatic rings. The van der Waals surface area contributed by atoms with Crippen molar-refractivity contribution in [3.8, 4) is 17.4 Å². The average molecular weight is 286 g/mol. The highest BCUT2D eigenvalue weighted by molar-refractivity contribution is 5.36. The molecule has 1 N–H and O–H groups in total. The van der Waals surface area contributed by atoms with Gasteiger partial charge in [-0.15, -0.1) is 0 Å². The van der Waals surface area contributed by atoms with Gasteiger partial charge in [0.15, 0.2) is 5.75 Å². The molecule has 1 aliphatic heterocycles. The largest absolute Gasteiger partial charge is 0.485 e. The lowest BCUT2D eigenvalue weighted by Gasteiger charge is -2.23. The van der Waals surface area contributed by atoms with Crippen molar-refractivity contribution in [2.24, 2.45) is 0 Å². The lowest BCUT2D eigenvalue weighted by Crippen LogP contribution is -2.41. The Balaban J connectivity index is 1.64. The monoisotopic (exact) mass is 286 g/mol. The summed E-state index contributed by atoms with van der Waals surface area (Å²) in [6.07, 6.45) is 1.74. The summed E-state index contributed by atoms with van der Waals surface area (Å²) in [6, 6.07) is 13.2. The maximum atomic E-state index is 5.80. The predicted molar refractivity (Wildman–Crippen MR) is 78.9 cm³/mol. The number of morpholine rings is 1. The van der Waals surface area contributed by atoms with Crippen LogP contribution in [0.5, 0.6) is 17.4 Å². The minimum Gasteiger partial charge on any atom is -0.485 e. The van der Waals surface area contributed by atoms with Crippen LogP contribution < -0.4 is 14.8 Å². The molecular formula is C16H18N2O3. The second-order valence-electron chi connectivity index (χ2n) is 4.73. The molecule has 5 nitrogen and oxygen atoms in total. The van der Waals surface area contributed by atoms with E-state index in [1.165, 1.54) is 0 Å². The van der Waals surface area contributed by atoms with Gasteiger partial charge in [-0.2, -0.15) is 0 Å². The highest BCUT2D eigenvalue weighted by Gasteiger charge is 2.15. The van der Waals surface area contributed by atoms with Crippen LogP contribution in [0.15, 0.2) is 48.7 Å². The molecular weight excluding hydrogens is 268 g/mol. The molecule has 0 spiro atoms. The van der Waals surface area contributed by atoms with Gasteiger partial charge in [-0.05, 0) is 24.3 Å². The summed E-state index contributed by atoms with van der Waals surface area (Å²) in [5.41, 5.74) is 0. The van der Waals surface area contributed by atoms with E-state index >= 15 is 0 Å². The number of ether oxygens (including phenoxy) is 3. The minimum absolute atomic E-state index is 0.0588. The average Bonchev–Trinajstić information content (AvgIpc) is 2.56. The van der Waals surface area contributed by atoms with Crippen LogP contribution in [0.1, 0.15) is 0 Å². The maximum absolute atomic E-state index is 5.80. The van der Waals surface area contributed by atoms with E-state index in [0.29, 0.717) is 24.8 Å². The van der Waals surface area contributed by atoms with Crippen molar-refractivity contribution in [2.75, 3.05) is 26.3 Å². The molecule has 2 heterocycles. The maximum Gasteiger partial charge on any atom is 0.262 e. The highest BCUT2D eigenvalue weighted by Crippen LogP contribution is 2.28. The number of para-hydroxylation sites is 1. The summed E-state index contributed by atoms with van der Waals surface area (Å²) in [7, 11) is 0. The van der Waals surface area contributed by atoms with Gasteiger partial charge in [-0.25, -0.2) is 4.98 Å². The molecule has 1 atom stereocenters. The second kappa shape index (κ2) is 7.06. The van der Waals surface area contributed by atoms with Gasteiger partial charge in [0, 0.05) is 19.3 Å². The third-order valence-corrected chi connectivity index (χ3v) is 3.12. The van der Waals surface area contributed by atoms with Gasteiger partial charge in [-0.3, -0.25) is 0 Å². The molecule has 1 fully saturated rings. The summed E-state index contributed by atoms with van der Waals surface area (Å²) in [5, 5.41) is 3.27. The quantitative estimate of drug-likeness (QED) is 0.913. The molecule has 21 heavy (non-hydrogen) atoms. The van der Waals surface area contributed by atoms with E-state index in [9.17, 15) is 0 Å². The summed E-state index contributed by atoms with van der Waals surface area (Å²) < 4.78 is 17.2. The Bertz CT molecular complexity index is 556. The Hall–Kier alpha value is -2.11. The first-order chi connectivity index (χ1) is 10.4. The topological polar surface area (TPSA) is 52.6 Å². The molecule has 1 aliphatic rings. The SMILES string of the molecule is c1ccc(Oc2ncccc2OC[C@H]2CNCCO2)cc1. The molecule has 1 aromatic heterocycles. The fourth-order valence-electron chi connectivity index (χ4n) is 2.07. The highest BCUT2D eigenvalue weighted by atomic mass is 16.6. The van der Waals surface area contributed by atoms with Crippen LogP contribution in [0.3, 0.4) is 0 Å². The number of benzene rings is 1. The van der Waals surface area contributed by atoms with Crippen LogP contribution in [0.4, 0.5) is 0 Å². The van der Waals surface area contributed by atoms with Gasteiger partial charge in [-0.1, -0.05) is 18.2 Å². The van der Waals surface area contributed by atoms with Gasteiger partial charge in [0.05, 0.1) is 6.61 Å². The van der Waals surface area contributed by atoms with Crippen molar-refractivity contribution in [1.82, 2.24) is 10.3 Å². The van der Waals surface area contributed by atoms with Gasteiger partial charge in [0.2, 0.25) is 0 Å². The number of pyridine rings is 1. The van der Waals surface area contributed by atoms with Gasteiger partial charge in [0.25, 0.3) is 5.88 Å². The van der Waals surface area contributed by atoms with Crippen LogP contribution in [0, 0.1) is 0 Å². The molecule has 0 radical (unpaired) electrons. The van der Waals surface area contributed by atoms with Gasteiger partial charge >= 0.3 is 0 Å². The number of nitrogens with zero attached hydrogens (tertiary/aromatic N) is 1. The molecule has 0 amide bonds. The first-order valence-electron chi connectivity index (χ1n) is 7.05. The van der Waals surface area contributed by atoms with Crippen molar-refractivity contribution in [1.29, 1.82) is 0 Å². The lowest BCUT2D eigenvalue weighted by molar-refractivity contribution is -0.000292. The number of aromatic nitrogens is 1. The summed E-state index contributed by atoms with van der Waals surface area (Å²) >= 11 is 0. The van der Waals surface area contributed by atoms with Crippen molar-refractivity contribution in [2.45, 2.75) is 6.10 Å². The number of hydrogen-bond acceptors (Lipinski definition) is 5. The molecule has 1 aromatic carbocycles. The van der Waals surface area contributed by atoms with Crippen molar-refractivity contribution < 1.29 is 14.2 Å². The molecule has 0 aliphatic carbocycles. The number of hydrogen-bond donors (Lipinski definition) is 1. The molecule has 0 unspecified atom stereocenters. The zero-order chi connectivity index (χ0) is 14.3. The Morgan fingerprint density at radius 2 is 2.10 bits per heavy atom. The van der Waals surface area contributed by atoms with E-state index in [1.807, 2.05) is 42.5 Å². The van der Waals surface area contributed by atoms with E-state index in [2.05, 4.69) is 10.3 Å². The Kier molecular flexibility index (Phi) is 4.66. The zero-order valence-corrected chi connectivity index (χ0v) is 11.7. The molecule has 3 rings (SSSR count). The molecule has 110 valence electrons. The van der Waals surface area contributed by atoms with Crippen LogP contribution in [0.2, 0.25) is 0 Å². The standard InChI is InChI=1S/C16H18N2O3/c1-2-5-13(6-3-1)21-16-15(7-4-8-18-16)20-12-14-11-17-9-10-19-14/h1-8,14,17H,9-12H2/t14-/m1/s1. The van der Waals surface area contributed by atoms with E-state index in [-0.39, 0.29) is 6.10 Å². The van der Waals surface area contributed by atoms with Crippen LogP contribution >= 0.6 is 0 Å². The first-order valence-corrected chi connectivity index (χ1v) is 7.05. The Morgan fingerprint density at radius 3 is 2.90 bits per heavy atom. The first kappa shape index (κ1) is 13.9. The third kappa shape index (κ3) is 3.93. The molecule has 5 heteroatoms. The van der Waals surface area contributed by atoms with Crippen LogP contribution in [0.25, 0.3) is 0 Å². The van der Waals surface area contributed by atoms with E-state index in [4.69, 9.17) is 14.2 Å². The van der Waals surface area contributed by atoms with Crippen molar-refractivity contribution >= 4 is 0 Å². The number of rotatable bonds is 5. The Labute approximate surface area is 123 Å². The zero-order valence-electron chi connectivity index (χ0n) is 11.7. The van der Waals surface area contributed by atoms with Crippen molar-refractivity contribution in [3.05, 3.63) is 48.7 Å². The fourth-order valence-corrected chi connectivity index (χ4v) is 2.07.